The zero-order valence-electron chi connectivity index (χ0n) is 15.4. The Morgan fingerprint density at radius 2 is 1.89 bits per heavy atom. The molecule has 2 aromatic heterocycles. The minimum absolute atomic E-state index is 0.159. The molecule has 3 aromatic rings. The van der Waals surface area contributed by atoms with E-state index in [2.05, 4.69) is 27.3 Å². The second kappa shape index (κ2) is 7.06. The summed E-state index contributed by atoms with van der Waals surface area (Å²) >= 11 is 0. The van der Waals surface area contributed by atoms with E-state index in [0.29, 0.717) is 17.0 Å². The summed E-state index contributed by atoms with van der Waals surface area (Å²) in [5.41, 5.74) is 1.78. The number of fused-ring (bicyclic) bond motifs is 1. The summed E-state index contributed by atoms with van der Waals surface area (Å²) in [7, 11) is 0. The molecule has 0 atom stereocenters. The number of carbonyl (C=O) groups excluding carboxylic acids is 1. The van der Waals surface area contributed by atoms with Crippen LogP contribution in [0.4, 0.5) is 4.39 Å². The second-order valence-electron chi connectivity index (χ2n) is 7.36. The number of rotatable bonds is 3. The van der Waals surface area contributed by atoms with E-state index < -0.39 is 0 Å². The summed E-state index contributed by atoms with van der Waals surface area (Å²) in [4.78, 5) is 21.0. The van der Waals surface area contributed by atoms with Crippen LogP contribution in [0.25, 0.3) is 16.9 Å². The highest BCUT2D eigenvalue weighted by Crippen LogP contribution is 2.24. The van der Waals surface area contributed by atoms with Crippen molar-refractivity contribution < 1.29 is 9.18 Å². The van der Waals surface area contributed by atoms with E-state index in [9.17, 15) is 9.18 Å². The van der Waals surface area contributed by atoms with Gasteiger partial charge in [0.05, 0.1) is 16.8 Å². The second-order valence-corrected chi connectivity index (χ2v) is 7.36. The van der Waals surface area contributed by atoms with Gasteiger partial charge in [0.15, 0.2) is 0 Å². The predicted molar refractivity (Wildman–Crippen MR) is 100 cm³/mol. The molecule has 1 saturated carbocycles. The van der Waals surface area contributed by atoms with Gasteiger partial charge in [0.25, 0.3) is 11.9 Å². The van der Waals surface area contributed by atoms with Crippen LogP contribution >= 0.6 is 0 Å². The van der Waals surface area contributed by atoms with Crippen LogP contribution < -0.4 is 5.32 Å². The Hall–Kier alpha value is -2.83. The Balaban J connectivity index is 1.54. The number of carbonyl (C=O) groups is 1. The number of aryl methyl sites for hydroxylation is 1. The molecule has 0 saturated heterocycles. The van der Waals surface area contributed by atoms with Crippen molar-refractivity contribution in [2.24, 2.45) is 5.92 Å². The highest BCUT2D eigenvalue weighted by molar-refractivity contribution is 5.93. The number of hydrogen-bond donors (Lipinski definition) is 1. The molecule has 140 valence electrons. The molecule has 2 heterocycles. The van der Waals surface area contributed by atoms with Crippen LogP contribution in [-0.2, 0) is 0 Å². The minimum Gasteiger partial charge on any atom is -0.349 e. The fraction of sp³-hybridized carbons (Fsp3) is 0.400. The highest BCUT2D eigenvalue weighted by Gasteiger charge is 2.21. The lowest BCUT2D eigenvalue weighted by atomic mass is 9.87. The molecule has 0 spiro atoms. The Bertz CT molecular complexity index is 974. The van der Waals surface area contributed by atoms with Crippen LogP contribution in [-0.4, -0.2) is 31.7 Å². The molecule has 7 heteroatoms. The fourth-order valence-corrected chi connectivity index (χ4v) is 3.62. The number of benzene rings is 1. The van der Waals surface area contributed by atoms with Crippen molar-refractivity contribution in [1.29, 1.82) is 0 Å². The van der Waals surface area contributed by atoms with Crippen molar-refractivity contribution >= 4 is 16.8 Å². The van der Waals surface area contributed by atoms with Gasteiger partial charge >= 0.3 is 0 Å². The lowest BCUT2D eigenvalue weighted by molar-refractivity contribution is 0.0922. The summed E-state index contributed by atoms with van der Waals surface area (Å²) in [6, 6.07) is 4.72. The van der Waals surface area contributed by atoms with Gasteiger partial charge in [-0.2, -0.15) is 9.78 Å². The average Bonchev–Trinajstić information content (AvgIpc) is 2.99. The molecule has 0 aliphatic heterocycles. The smallest absolute Gasteiger partial charge is 0.254 e. The van der Waals surface area contributed by atoms with Crippen molar-refractivity contribution in [3.63, 3.8) is 0 Å². The first-order chi connectivity index (χ1) is 13.0. The molecule has 0 unspecified atom stereocenters. The molecule has 1 aromatic carbocycles. The van der Waals surface area contributed by atoms with Gasteiger partial charge in [-0.3, -0.25) is 4.79 Å². The SMILES string of the molecule is Cc1nn(-c2ncc(C(=O)NC3CCC(C)CC3)cn2)c2cc(F)ccc12. The molecule has 0 bridgehead atoms. The number of nitrogens with zero attached hydrogens (tertiary/aromatic N) is 4. The summed E-state index contributed by atoms with van der Waals surface area (Å²) < 4.78 is 15.1. The van der Waals surface area contributed by atoms with E-state index >= 15 is 0 Å². The lowest BCUT2D eigenvalue weighted by Crippen LogP contribution is -2.37. The maximum absolute atomic E-state index is 13.6. The molecule has 6 nitrogen and oxygen atoms in total. The molecule has 0 radical (unpaired) electrons. The number of amides is 1. The Labute approximate surface area is 156 Å². The van der Waals surface area contributed by atoms with Gasteiger partial charge in [-0.25, -0.2) is 14.4 Å². The van der Waals surface area contributed by atoms with E-state index in [1.165, 1.54) is 29.2 Å². The van der Waals surface area contributed by atoms with Gasteiger partial charge in [0.2, 0.25) is 0 Å². The third kappa shape index (κ3) is 3.54. The molecule has 1 fully saturated rings. The van der Waals surface area contributed by atoms with E-state index in [1.807, 2.05) is 6.92 Å². The molecule has 1 N–H and O–H groups in total. The van der Waals surface area contributed by atoms with Crippen molar-refractivity contribution in [2.45, 2.75) is 45.6 Å². The lowest BCUT2D eigenvalue weighted by Gasteiger charge is -2.26. The van der Waals surface area contributed by atoms with E-state index in [-0.39, 0.29) is 17.8 Å². The van der Waals surface area contributed by atoms with Crippen LogP contribution in [0.2, 0.25) is 0 Å². The summed E-state index contributed by atoms with van der Waals surface area (Å²) in [5.74, 6) is 0.537. The average molecular weight is 367 g/mol. The normalized spacial score (nSPS) is 20.0. The number of aromatic nitrogens is 4. The molecular formula is C20H22FN5O. The van der Waals surface area contributed by atoms with Crippen LogP contribution in [0.1, 0.15) is 48.7 Å². The van der Waals surface area contributed by atoms with Gasteiger partial charge < -0.3 is 5.32 Å². The Kier molecular flexibility index (Phi) is 4.59. The molecule has 1 aliphatic rings. The van der Waals surface area contributed by atoms with E-state index in [1.54, 1.807) is 6.07 Å². The van der Waals surface area contributed by atoms with Crippen molar-refractivity contribution in [3.8, 4) is 5.95 Å². The predicted octanol–water partition coefficient (Wildman–Crippen LogP) is 3.57. The third-order valence-corrected chi connectivity index (χ3v) is 5.27. The highest BCUT2D eigenvalue weighted by atomic mass is 19.1. The monoisotopic (exact) mass is 367 g/mol. The van der Waals surface area contributed by atoms with Crippen molar-refractivity contribution in [1.82, 2.24) is 25.1 Å². The van der Waals surface area contributed by atoms with E-state index in [4.69, 9.17) is 0 Å². The van der Waals surface area contributed by atoms with Crippen molar-refractivity contribution in [2.75, 3.05) is 0 Å². The Morgan fingerprint density at radius 1 is 1.19 bits per heavy atom. The number of halogens is 1. The van der Waals surface area contributed by atoms with Crippen LogP contribution in [0.15, 0.2) is 30.6 Å². The molecule has 4 rings (SSSR count). The standard InChI is InChI=1S/C20H22FN5O/c1-12-3-6-16(7-4-12)24-19(27)14-10-22-20(23-11-14)26-18-9-15(21)5-8-17(18)13(2)25-26/h5,8-12,16H,3-4,6-7H2,1-2H3,(H,24,27). The van der Waals surface area contributed by atoms with Crippen LogP contribution in [0, 0.1) is 18.7 Å². The molecule has 1 amide bonds. The Morgan fingerprint density at radius 3 is 2.59 bits per heavy atom. The maximum atomic E-state index is 13.6. The van der Waals surface area contributed by atoms with Crippen molar-refractivity contribution in [3.05, 3.63) is 47.7 Å². The first kappa shape index (κ1) is 17.6. The van der Waals surface area contributed by atoms with Gasteiger partial charge in [0.1, 0.15) is 5.82 Å². The first-order valence-corrected chi connectivity index (χ1v) is 9.29. The summed E-state index contributed by atoms with van der Waals surface area (Å²) in [5, 5.41) is 8.31. The fourth-order valence-electron chi connectivity index (χ4n) is 3.62. The third-order valence-electron chi connectivity index (χ3n) is 5.27. The summed E-state index contributed by atoms with van der Waals surface area (Å²) in [6.45, 7) is 4.10. The maximum Gasteiger partial charge on any atom is 0.254 e. The zero-order chi connectivity index (χ0) is 19.0. The quantitative estimate of drug-likeness (QED) is 0.768. The van der Waals surface area contributed by atoms with Gasteiger partial charge in [-0.15, -0.1) is 0 Å². The van der Waals surface area contributed by atoms with Crippen LogP contribution in [0.3, 0.4) is 0 Å². The molecular weight excluding hydrogens is 345 g/mol. The minimum atomic E-state index is -0.346. The van der Waals surface area contributed by atoms with Gasteiger partial charge in [-0.05, 0) is 50.7 Å². The number of hydrogen-bond acceptors (Lipinski definition) is 4. The van der Waals surface area contributed by atoms with E-state index in [0.717, 1.165) is 42.7 Å². The van der Waals surface area contributed by atoms with Crippen LogP contribution in [0.5, 0.6) is 0 Å². The topological polar surface area (TPSA) is 72.7 Å². The van der Waals surface area contributed by atoms with Gasteiger partial charge in [0, 0.05) is 29.9 Å². The molecule has 27 heavy (non-hydrogen) atoms. The summed E-state index contributed by atoms with van der Waals surface area (Å²) in [6.07, 6.45) is 7.29. The van der Waals surface area contributed by atoms with Gasteiger partial charge in [-0.1, -0.05) is 6.92 Å². The first-order valence-electron chi connectivity index (χ1n) is 9.29. The largest absolute Gasteiger partial charge is 0.349 e. The molecule has 1 aliphatic carbocycles. The zero-order valence-corrected chi connectivity index (χ0v) is 15.4. The number of nitrogens with one attached hydrogen (secondary N) is 1.